The van der Waals surface area contributed by atoms with E-state index >= 15 is 0 Å². The molecule has 0 bridgehead atoms. The third-order valence-corrected chi connectivity index (χ3v) is 5.86. The van der Waals surface area contributed by atoms with Crippen LogP contribution in [0.25, 0.3) is 10.9 Å². The highest BCUT2D eigenvalue weighted by Crippen LogP contribution is 2.32. The van der Waals surface area contributed by atoms with Crippen molar-refractivity contribution in [3.63, 3.8) is 0 Å². The number of ether oxygens (including phenoxy) is 2. The van der Waals surface area contributed by atoms with Gasteiger partial charge >= 0.3 is 0 Å². The zero-order valence-corrected chi connectivity index (χ0v) is 17.5. The molecule has 0 unspecified atom stereocenters. The smallest absolute Gasteiger partial charge is 0.295 e. The molecule has 3 aromatic rings. The van der Waals surface area contributed by atoms with Crippen molar-refractivity contribution in [3.8, 4) is 11.5 Å². The number of nitrogens with one attached hydrogen (secondary N) is 1. The number of amides is 2. The van der Waals surface area contributed by atoms with Crippen LogP contribution in [0.4, 0.5) is 0 Å². The maximum absolute atomic E-state index is 12.9. The molecule has 2 aromatic carbocycles. The van der Waals surface area contributed by atoms with Gasteiger partial charge in [-0.3, -0.25) is 14.4 Å². The molecule has 0 atom stereocenters. The van der Waals surface area contributed by atoms with E-state index in [1.165, 1.54) is 0 Å². The quantitative estimate of drug-likeness (QED) is 0.477. The first-order chi connectivity index (χ1) is 15.6. The van der Waals surface area contributed by atoms with Crippen molar-refractivity contribution < 1.29 is 23.9 Å². The van der Waals surface area contributed by atoms with Crippen molar-refractivity contribution in [2.45, 2.75) is 25.9 Å². The summed E-state index contributed by atoms with van der Waals surface area (Å²) in [5.41, 5.74) is 1.97. The van der Waals surface area contributed by atoms with Crippen LogP contribution in [0, 0.1) is 0 Å². The van der Waals surface area contributed by atoms with E-state index in [1.54, 1.807) is 21.7 Å². The standard InChI is InChI=1S/C24H23N3O5/c28-22(25-12-16-7-8-20-21(11-16)32-15-31-20)14-27-13-18(17-5-1-2-6-19(17)27)23(29)24(30)26-9-3-4-10-26/h1-2,5-8,11,13H,3-4,9-10,12,14-15H2,(H,25,28). The first-order valence-corrected chi connectivity index (χ1v) is 10.7. The summed E-state index contributed by atoms with van der Waals surface area (Å²) in [6.45, 7) is 1.81. The zero-order valence-electron chi connectivity index (χ0n) is 17.5. The number of carbonyl (C=O) groups is 3. The van der Waals surface area contributed by atoms with Crippen molar-refractivity contribution in [2.24, 2.45) is 0 Å². The van der Waals surface area contributed by atoms with Gasteiger partial charge in [0.15, 0.2) is 11.5 Å². The topological polar surface area (TPSA) is 89.9 Å². The van der Waals surface area contributed by atoms with Crippen molar-refractivity contribution in [3.05, 3.63) is 59.8 Å². The molecule has 164 valence electrons. The van der Waals surface area contributed by atoms with Crippen LogP contribution in [0.15, 0.2) is 48.7 Å². The molecular weight excluding hydrogens is 410 g/mol. The number of hydrogen-bond acceptors (Lipinski definition) is 5. The third kappa shape index (κ3) is 3.79. The third-order valence-electron chi connectivity index (χ3n) is 5.86. The predicted octanol–water partition coefficient (Wildman–Crippen LogP) is 2.49. The second kappa shape index (κ2) is 8.37. The summed E-state index contributed by atoms with van der Waals surface area (Å²) >= 11 is 0. The van der Waals surface area contributed by atoms with Gasteiger partial charge in [0.1, 0.15) is 6.54 Å². The molecule has 0 spiro atoms. The van der Waals surface area contributed by atoms with Gasteiger partial charge in [-0.25, -0.2) is 0 Å². The number of nitrogens with zero attached hydrogens (tertiary/aromatic N) is 2. The molecule has 0 aliphatic carbocycles. The van der Waals surface area contributed by atoms with E-state index in [-0.39, 0.29) is 19.2 Å². The number of aromatic nitrogens is 1. The fourth-order valence-electron chi connectivity index (χ4n) is 4.20. The first-order valence-electron chi connectivity index (χ1n) is 10.7. The number of likely N-dealkylation sites (tertiary alicyclic amines) is 1. The average Bonchev–Trinajstić information content (AvgIpc) is 3.57. The van der Waals surface area contributed by atoms with E-state index in [0.29, 0.717) is 42.1 Å². The molecule has 0 radical (unpaired) electrons. The van der Waals surface area contributed by atoms with E-state index in [2.05, 4.69) is 5.32 Å². The van der Waals surface area contributed by atoms with Gasteiger partial charge in [0.05, 0.1) is 5.56 Å². The van der Waals surface area contributed by atoms with Crippen LogP contribution in [-0.4, -0.2) is 46.9 Å². The number of hydrogen-bond donors (Lipinski definition) is 1. The fourth-order valence-corrected chi connectivity index (χ4v) is 4.20. The monoisotopic (exact) mass is 433 g/mol. The predicted molar refractivity (Wildman–Crippen MR) is 116 cm³/mol. The van der Waals surface area contributed by atoms with Crippen LogP contribution in [-0.2, 0) is 22.7 Å². The number of ketones is 1. The Labute approximate surface area is 184 Å². The van der Waals surface area contributed by atoms with Crippen molar-refractivity contribution in [2.75, 3.05) is 19.9 Å². The van der Waals surface area contributed by atoms with Crippen molar-refractivity contribution in [1.82, 2.24) is 14.8 Å². The molecule has 1 fully saturated rings. The Balaban J connectivity index is 1.31. The molecule has 2 aliphatic rings. The van der Waals surface area contributed by atoms with Crippen LogP contribution in [0.5, 0.6) is 11.5 Å². The summed E-state index contributed by atoms with van der Waals surface area (Å²) in [7, 11) is 0. The molecule has 1 aromatic heterocycles. The van der Waals surface area contributed by atoms with Gasteiger partial charge < -0.3 is 24.3 Å². The van der Waals surface area contributed by atoms with Gasteiger partial charge in [0.2, 0.25) is 12.7 Å². The molecule has 0 saturated carbocycles. The highest BCUT2D eigenvalue weighted by atomic mass is 16.7. The Morgan fingerprint density at radius 2 is 1.75 bits per heavy atom. The molecule has 1 saturated heterocycles. The zero-order chi connectivity index (χ0) is 22.1. The summed E-state index contributed by atoms with van der Waals surface area (Å²) in [6.07, 6.45) is 3.45. The summed E-state index contributed by atoms with van der Waals surface area (Å²) in [4.78, 5) is 39.8. The summed E-state index contributed by atoms with van der Waals surface area (Å²) in [5, 5.41) is 3.57. The molecule has 32 heavy (non-hydrogen) atoms. The Bertz CT molecular complexity index is 1210. The van der Waals surface area contributed by atoms with Gasteiger partial charge in [-0.15, -0.1) is 0 Å². The number of Topliss-reactive ketones (excluding diaryl/α,β-unsaturated/α-hetero) is 1. The lowest BCUT2D eigenvalue weighted by Gasteiger charge is -2.13. The summed E-state index contributed by atoms with van der Waals surface area (Å²) < 4.78 is 12.4. The highest BCUT2D eigenvalue weighted by Gasteiger charge is 2.28. The number of rotatable bonds is 6. The molecule has 8 heteroatoms. The number of para-hydroxylation sites is 1. The number of carbonyl (C=O) groups excluding carboxylic acids is 3. The second-order valence-corrected chi connectivity index (χ2v) is 7.98. The highest BCUT2D eigenvalue weighted by molar-refractivity contribution is 6.44. The number of fused-ring (bicyclic) bond motifs is 2. The normalized spacial score (nSPS) is 14.7. The molecule has 2 amide bonds. The molecule has 1 N–H and O–H groups in total. The Morgan fingerprint density at radius 1 is 0.969 bits per heavy atom. The van der Waals surface area contributed by atoms with Gasteiger partial charge in [-0.1, -0.05) is 24.3 Å². The van der Waals surface area contributed by atoms with E-state index < -0.39 is 11.7 Å². The maximum atomic E-state index is 12.9. The van der Waals surface area contributed by atoms with Crippen LogP contribution in [0.2, 0.25) is 0 Å². The van der Waals surface area contributed by atoms with E-state index in [4.69, 9.17) is 9.47 Å². The largest absolute Gasteiger partial charge is 0.454 e. The Morgan fingerprint density at radius 3 is 2.59 bits per heavy atom. The van der Waals surface area contributed by atoms with E-state index in [1.807, 2.05) is 36.4 Å². The SMILES string of the molecule is O=C(Cn1cc(C(=O)C(=O)N2CCCC2)c2ccccc21)NCc1ccc2c(c1)OCO2. The molecule has 3 heterocycles. The fraction of sp³-hybridized carbons (Fsp3) is 0.292. The average molecular weight is 433 g/mol. The van der Waals surface area contributed by atoms with Crippen LogP contribution in [0.1, 0.15) is 28.8 Å². The van der Waals surface area contributed by atoms with E-state index in [0.717, 1.165) is 23.9 Å². The van der Waals surface area contributed by atoms with Crippen LogP contribution >= 0.6 is 0 Å². The van der Waals surface area contributed by atoms with Gasteiger partial charge in [-0.05, 0) is 36.6 Å². The molecule has 2 aliphatic heterocycles. The maximum Gasteiger partial charge on any atom is 0.295 e. The molecule has 8 nitrogen and oxygen atoms in total. The van der Waals surface area contributed by atoms with Gasteiger partial charge in [-0.2, -0.15) is 0 Å². The molecule has 5 rings (SSSR count). The first kappa shape index (κ1) is 20.1. The Hall–Kier alpha value is -3.81. The lowest BCUT2D eigenvalue weighted by molar-refractivity contribution is -0.125. The minimum absolute atomic E-state index is 0.0379. The summed E-state index contributed by atoms with van der Waals surface area (Å²) in [6, 6.07) is 12.9. The number of benzene rings is 2. The van der Waals surface area contributed by atoms with Crippen LogP contribution < -0.4 is 14.8 Å². The molecular formula is C24H23N3O5. The van der Waals surface area contributed by atoms with Crippen LogP contribution in [0.3, 0.4) is 0 Å². The minimum Gasteiger partial charge on any atom is -0.454 e. The summed E-state index contributed by atoms with van der Waals surface area (Å²) in [5.74, 6) is 0.159. The van der Waals surface area contributed by atoms with Crippen molar-refractivity contribution in [1.29, 1.82) is 0 Å². The lowest BCUT2D eigenvalue weighted by atomic mass is 10.1. The minimum atomic E-state index is -0.525. The van der Waals surface area contributed by atoms with Crippen molar-refractivity contribution >= 4 is 28.5 Å². The second-order valence-electron chi connectivity index (χ2n) is 7.98. The Kier molecular flexibility index (Phi) is 5.26. The lowest BCUT2D eigenvalue weighted by Crippen LogP contribution is -2.34. The van der Waals surface area contributed by atoms with E-state index in [9.17, 15) is 14.4 Å². The van der Waals surface area contributed by atoms with Gasteiger partial charge in [0.25, 0.3) is 11.7 Å². The van der Waals surface area contributed by atoms with Gasteiger partial charge in [0, 0.05) is 36.7 Å².